The van der Waals surface area contributed by atoms with Gasteiger partial charge in [0.1, 0.15) is 18.3 Å². The molecule has 1 aliphatic rings. The Kier molecular flexibility index (Phi) is 4.14. The van der Waals surface area contributed by atoms with Crippen molar-refractivity contribution >= 4 is 11.9 Å². The van der Waals surface area contributed by atoms with E-state index in [1.165, 1.54) is 13.8 Å². The van der Waals surface area contributed by atoms with E-state index < -0.39 is 23.6 Å². The Morgan fingerprint density at radius 1 is 1.29 bits per heavy atom. The normalized spacial score (nSPS) is 36.6. The Hall–Kier alpha value is -1.10. The highest BCUT2D eigenvalue weighted by Crippen LogP contribution is 2.41. The van der Waals surface area contributed by atoms with E-state index in [1.807, 2.05) is 13.8 Å². The first-order valence-corrected chi connectivity index (χ1v) is 5.79. The Labute approximate surface area is 101 Å². The summed E-state index contributed by atoms with van der Waals surface area (Å²) < 4.78 is 10.0. The van der Waals surface area contributed by atoms with Gasteiger partial charge in [0.05, 0.1) is 0 Å². The minimum absolute atomic E-state index is 0.0412. The van der Waals surface area contributed by atoms with Gasteiger partial charge >= 0.3 is 11.9 Å². The van der Waals surface area contributed by atoms with Crippen LogP contribution in [0.15, 0.2) is 0 Å². The van der Waals surface area contributed by atoms with Crippen LogP contribution in [0, 0.1) is 11.8 Å². The molecule has 0 amide bonds. The topological polar surface area (TPSA) is 72.8 Å². The Morgan fingerprint density at radius 3 is 2.35 bits per heavy atom. The number of hydrogen-bond donors (Lipinski definition) is 1. The molecule has 1 fully saturated rings. The fourth-order valence-corrected chi connectivity index (χ4v) is 2.41. The molecule has 0 aromatic carbocycles. The van der Waals surface area contributed by atoms with Crippen LogP contribution in [0.2, 0.25) is 0 Å². The molecule has 1 rings (SSSR count). The molecule has 0 aromatic rings. The number of rotatable bonds is 3. The number of esters is 2. The van der Waals surface area contributed by atoms with Crippen LogP contribution in [0.4, 0.5) is 0 Å². The maximum absolute atomic E-state index is 11.0. The van der Waals surface area contributed by atoms with E-state index in [9.17, 15) is 14.7 Å². The van der Waals surface area contributed by atoms with Gasteiger partial charge < -0.3 is 14.6 Å². The highest BCUT2D eigenvalue weighted by molar-refractivity contribution is 5.67. The average molecular weight is 244 g/mol. The van der Waals surface area contributed by atoms with Crippen LogP contribution in [-0.2, 0) is 19.1 Å². The molecule has 0 saturated heterocycles. The molecule has 17 heavy (non-hydrogen) atoms. The van der Waals surface area contributed by atoms with Crippen molar-refractivity contribution in [3.63, 3.8) is 0 Å². The predicted molar refractivity (Wildman–Crippen MR) is 60.1 cm³/mol. The van der Waals surface area contributed by atoms with E-state index >= 15 is 0 Å². The second-order valence-corrected chi connectivity index (χ2v) is 4.95. The maximum Gasteiger partial charge on any atom is 0.303 e. The highest BCUT2D eigenvalue weighted by atomic mass is 16.6. The van der Waals surface area contributed by atoms with Crippen molar-refractivity contribution in [1.29, 1.82) is 0 Å². The summed E-state index contributed by atoms with van der Waals surface area (Å²) in [7, 11) is 0. The minimum atomic E-state index is -1.27. The summed E-state index contributed by atoms with van der Waals surface area (Å²) in [5, 5.41) is 10.4. The molecule has 5 heteroatoms. The van der Waals surface area contributed by atoms with E-state index in [-0.39, 0.29) is 18.4 Å². The van der Waals surface area contributed by atoms with Crippen molar-refractivity contribution in [2.75, 3.05) is 6.61 Å². The van der Waals surface area contributed by atoms with Gasteiger partial charge in [-0.2, -0.15) is 0 Å². The summed E-state index contributed by atoms with van der Waals surface area (Å²) in [5.74, 6) is -0.635. The number of carbonyl (C=O) groups is 2. The monoisotopic (exact) mass is 244 g/mol. The van der Waals surface area contributed by atoms with E-state index in [2.05, 4.69) is 0 Å². The molecule has 1 saturated carbocycles. The van der Waals surface area contributed by atoms with Gasteiger partial charge in [-0.15, -0.1) is 0 Å². The summed E-state index contributed by atoms with van der Waals surface area (Å²) in [6.07, 6.45) is -0.159. The van der Waals surface area contributed by atoms with Gasteiger partial charge in [0, 0.05) is 13.8 Å². The summed E-state index contributed by atoms with van der Waals surface area (Å²) >= 11 is 0. The Balaban J connectivity index is 2.79. The molecule has 0 bridgehead atoms. The number of carbonyl (C=O) groups excluding carboxylic acids is 2. The highest BCUT2D eigenvalue weighted by Gasteiger charge is 2.52. The predicted octanol–water partition coefficient (Wildman–Crippen LogP) is 0.888. The van der Waals surface area contributed by atoms with Gasteiger partial charge in [-0.05, 0) is 18.3 Å². The standard InChI is InChI=1S/C12H20O5/c1-7-5-12(15,6-16-9(3)13)11(8(7)2)17-10(4)14/h7-8,11,15H,5-6H2,1-4H3/t7?,8?,11?,12-/m1/s1. The molecular weight excluding hydrogens is 224 g/mol. The molecule has 0 radical (unpaired) electrons. The smallest absolute Gasteiger partial charge is 0.303 e. The lowest BCUT2D eigenvalue weighted by molar-refractivity contribution is -0.173. The van der Waals surface area contributed by atoms with Crippen LogP contribution in [0.1, 0.15) is 34.1 Å². The van der Waals surface area contributed by atoms with Crippen LogP contribution < -0.4 is 0 Å². The molecule has 0 aliphatic heterocycles. The molecule has 0 heterocycles. The fraction of sp³-hybridized carbons (Fsp3) is 0.833. The second-order valence-electron chi connectivity index (χ2n) is 4.95. The summed E-state index contributed by atoms with van der Waals surface area (Å²) in [6, 6.07) is 0. The van der Waals surface area contributed by atoms with Crippen molar-refractivity contribution in [3.8, 4) is 0 Å². The van der Waals surface area contributed by atoms with Gasteiger partial charge in [-0.25, -0.2) is 0 Å². The zero-order valence-corrected chi connectivity index (χ0v) is 10.7. The van der Waals surface area contributed by atoms with Crippen molar-refractivity contribution in [2.24, 2.45) is 11.8 Å². The zero-order valence-electron chi connectivity index (χ0n) is 10.7. The zero-order chi connectivity index (χ0) is 13.2. The third-order valence-corrected chi connectivity index (χ3v) is 3.40. The quantitative estimate of drug-likeness (QED) is 0.746. The largest absolute Gasteiger partial charge is 0.463 e. The molecule has 1 N–H and O–H groups in total. The lowest BCUT2D eigenvalue weighted by atomic mass is 9.97. The first-order chi connectivity index (χ1) is 7.76. The van der Waals surface area contributed by atoms with Gasteiger partial charge in [-0.3, -0.25) is 9.59 Å². The van der Waals surface area contributed by atoms with E-state index in [1.54, 1.807) is 0 Å². The maximum atomic E-state index is 11.0. The number of hydrogen-bond acceptors (Lipinski definition) is 5. The lowest BCUT2D eigenvalue weighted by Gasteiger charge is -2.30. The first kappa shape index (κ1) is 14.0. The van der Waals surface area contributed by atoms with E-state index in [0.29, 0.717) is 6.42 Å². The molecule has 4 atom stereocenters. The van der Waals surface area contributed by atoms with Crippen molar-refractivity contribution in [3.05, 3.63) is 0 Å². The number of ether oxygens (including phenoxy) is 2. The average Bonchev–Trinajstić information content (AvgIpc) is 2.40. The third kappa shape index (κ3) is 3.19. The summed E-state index contributed by atoms with van der Waals surface area (Å²) in [6.45, 7) is 6.36. The van der Waals surface area contributed by atoms with Gasteiger partial charge in [-0.1, -0.05) is 13.8 Å². The lowest BCUT2D eigenvalue weighted by Crippen LogP contribution is -2.46. The first-order valence-electron chi connectivity index (χ1n) is 5.79. The molecule has 3 unspecified atom stereocenters. The van der Waals surface area contributed by atoms with Gasteiger partial charge in [0.25, 0.3) is 0 Å². The summed E-state index contributed by atoms with van der Waals surface area (Å²) in [4.78, 5) is 21.8. The van der Waals surface area contributed by atoms with Crippen LogP contribution in [0.5, 0.6) is 0 Å². The van der Waals surface area contributed by atoms with Crippen molar-refractivity contribution < 1.29 is 24.2 Å². The van der Waals surface area contributed by atoms with Crippen molar-refractivity contribution in [2.45, 2.75) is 45.8 Å². The van der Waals surface area contributed by atoms with E-state index in [0.717, 1.165) is 0 Å². The van der Waals surface area contributed by atoms with Crippen LogP contribution >= 0.6 is 0 Å². The molecule has 5 nitrogen and oxygen atoms in total. The molecule has 98 valence electrons. The van der Waals surface area contributed by atoms with E-state index in [4.69, 9.17) is 9.47 Å². The second kappa shape index (κ2) is 5.04. The van der Waals surface area contributed by atoms with Crippen LogP contribution in [-0.4, -0.2) is 35.4 Å². The third-order valence-electron chi connectivity index (χ3n) is 3.40. The minimum Gasteiger partial charge on any atom is -0.463 e. The Morgan fingerprint density at radius 2 is 1.88 bits per heavy atom. The molecular formula is C12H20O5. The Bertz CT molecular complexity index is 314. The van der Waals surface area contributed by atoms with Gasteiger partial charge in [0.2, 0.25) is 0 Å². The fourth-order valence-electron chi connectivity index (χ4n) is 2.41. The molecule has 0 spiro atoms. The SMILES string of the molecule is CC(=O)OC[C@]1(O)CC(C)C(C)C1OC(C)=O. The number of aliphatic hydroxyl groups is 1. The van der Waals surface area contributed by atoms with Crippen LogP contribution in [0.3, 0.4) is 0 Å². The van der Waals surface area contributed by atoms with Crippen molar-refractivity contribution in [1.82, 2.24) is 0 Å². The molecule has 0 aromatic heterocycles. The van der Waals surface area contributed by atoms with Gasteiger partial charge in [0.15, 0.2) is 0 Å². The summed E-state index contributed by atoms with van der Waals surface area (Å²) in [5.41, 5.74) is -1.27. The van der Waals surface area contributed by atoms with Crippen LogP contribution in [0.25, 0.3) is 0 Å². The molecule has 1 aliphatic carbocycles.